The smallest absolute Gasteiger partial charge is 0.368 e. The molecule has 3 nitrogen and oxygen atoms in total. The van der Waals surface area contributed by atoms with Gasteiger partial charge in [0.05, 0.1) is 17.3 Å². The Hall–Kier alpha value is -0.820. The summed E-state index contributed by atoms with van der Waals surface area (Å²) in [6.07, 6.45) is -3.49. The summed E-state index contributed by atoms with van der Waals surface area (Å²) < 4.78 is 43.4. The van der Waals surface area contributed by atoms with Gasteiger partial charge in [-0.25, -0.2) is 4.98 Å². The summed E-state index contributed by atoms with van der Waals surface area (Å²) in [5, 5.41) is 0.674. The molecule has 1 fully saturated rings. The van der Waals surface area contributed by atoms with Crippen LogP contribution in [-0.4, -0.2) is 35.1 Å². The van der Waals surface area contributed by atoms with Crippen LogP contribution in [-0.2, 0) is 10.9 Å². The molecule has 2 heterocycles. The van der Waals surface area contributed by atoms with E-state index >= 15 is 0 Å². The summed E-state index contributed by atoms with van der Waals surface area (Å²) in [4.78, 5) is 5.89. The molecule has 1 aromatic rings. The fourth-order valence-corrected chi connectivity index (χ4v) is 2.63. The number of hydrogen-bond donors (Lipinski definition) is 0. The van der Waals surface area contributed by atoms with Crippen molar-refractivity contribution in [2.75, 3.05) is 23.3 Å². The van der Waals surface area contributed by atoms with Crippen molar-refractivity contribution in [3.05, 3.63) is 23.9 Å². The van der Waals surface area contributed by atoms with Crippen molar-refractivity contribution in [2.45, 2.75) is 31.7 Å². The number of nitrogens with zero attached hydrogens (tertiary/aromatic N) is 2. The molecule has 20 heavy (non-hydrogen) atoms. The minimum atomic E-state index is -4.35. The zero-order valence-electron chi connectivity index (χ0n) is 11.2. The van der Waals surface area contributed by atoms with Crippen LogP contribution in [0, 0.1) is 0 Å². The van der Waals surface area contributed by atoms with Crippen LogP contribution in [0.2, 0.25) is 0 Å². The van der Waals surface area contributed by atoms with E-state index in [1.165, 1.54) is 6.07 Å². The molecule has 1 saturated heterocycles. The number of halogens is 4. The number of pyridine rings is 1. The third kappa shape index (κ3) is 3.63. The molecule has 1 aliphatic rings. The molecule has 7 heteroatoms. The van der Waals surface area contributed by atoms with Crippen LogP contribution in [0.5, 0.6) is 0 Å². The minimum absolute atomic E-state index is 0.0113. The highest BCUT2D eigenvalue weighted by atomic mass is 79.9. The number of alkyl halides is 4. The Balaban J connectivity index is 2.18. The van der Waals surface area contributed by atoms with Gasteiger partial charge in [-0.15, -0.1) is 0 Å². The van der Waals surface area contributed by atoms with E-state index in [1.807, 2.05) is 18.7 Å². The maximum atomic E-state index is 12.5. The Labute approximate surface area is 124 Å². The lowest BCUT2D eigenvalue weighted by Gasteiger charge is -2.43. The fourth-order valence-electron chi connectivity index (χ4n) is 2.29. The van der Waals surface area contributed by atoms with Crippen molar-refractivity contribution in [3.63, 3.8) is 0 Å². The summed E-state index contributed by atoms with van der Waals surface area (Å²) in [5.41, 5.74) is -1.09. The summed E-state index contributed by atoms with van der Waals surface area (Å²) in [7, 11) is 0. The molecule has 1 unspecified atom stereocenters. The summed E-state index contributed by atoms with van der Waals surface area (Å²) in [6.45, 7) is 5.11. The lowest BCUT2D eigenvalue weighted by molar-refractivity contribution is -0.137. The predicted octanol–water partition coefficient (Wildman–Crippen LogP) is 3.48. The Morgan fingerprint density at radius 2 is 2.15 bits per heavy atom. The highest BCUT2D eigenvalue weighted by Gasteiger charge is 2.34. The molecule has 2 rings (SSSR count). The molecule has 0 spiro atoms. The second-order valence-corrected chi connectivity index (χ2v) is 6.08. The predicted molar refractivity (Wildman–Crippen MR) is 74.2 cm³/mol. The minimum Gasteiger partial charge on any atom is -0.368 e. The van der Waals surface area contributed by atoms with Gasteiger partial charge < -0.3 is 9.64 Å². The van der Waals surface area contributed by atoms with E-state index in [9.17, 15) is 13.2 Å². The van der Waals surface area contributed by atoms with Crippen LogP contribution < -0.4 is 4.90 Å². The van der Waals surface area contributed by atoms with Crippen molar-refractivity contribution in [1.82, 2.24) is 4.98 Å². The SMILES string of the molecule is CC1(C)CN(c2ccc(C(F)(F)F)cn2)CC(CBr)O1. The molecule has 112 valence electrons. The topological polar surface area (TPSA) is 25.4 Å². The van der Waals surface area contributed by atoms with E-state index in [2.05, 4.69) is 20.9 Å². The van der Waals surface area contributed by atoms with Gasteiger partial charge in [-0.2, -0.15) is 13.2 Å². The van der Waals surface area contributed by atoms with Crippen molar-refractivity contribution in [1.29, 1.82) is 0 Å². The van der Waals surface area contributed by atoms with Gasteiger partial charge >= 0.3 is 6.18 Å². The van der Waals surface area contributed by atoms with E-state index in [0.29, 0.717) is 24.2 Å². The van der Waals surface area contributed by atoms with Gasteiger partial charge in [0.2, 0.25) is 0 Å². The van der Waals surface area contributed by atoms with Gasteiger partial charge in [-0.1, -0.05) is 15.9 Å². The van der Waals surface area contributed by atoms with Crippen LogP contribution in [0.3, 0.4) is 0 Å². The molecule has 0 bridgehead atoms. The first kappa shape index (κ1) is 15.6. The molecular formula is C13H16BrF3N2O. The number of morpholine rings is 1. The Morgan fingerprint density at radius 1 is 1.45 bits per heavy atom. The van der Waals surface area contributed by atoms with Gasteiger partial charge in [0.25, 0.3) is 0 Å². The maximum absolute atomic E-state index is 12.5. The van der Waals surface area contributed by atoms with Crippen LogP contribution in [0.4, 0.5) is 19.0 Å². The van der Waals surface area contributed by atoms with Crippen LogP contribution in [0.15, 0.2) is 18.3 Å². The molecule has 0 saturated carbocycles. The zero-order chi connectivity index (χ0) is 15.0. The molecule has 0 N–H and O–H groups in total. The Morgan fingerprint density at radius 3 is 2.65 bits per heavy atom. The fraction of sp³-hybridized carbons (Fsp3) is 0.615. The molecule has 0 aromatic carbocycles. The number of rotatable bonds is 2. The monoisotopic (exact) mass is 352 g/mol. The maximum Gasteiger partial charge on any atom is 0.417 e. The average Bonchev–Trinajstić information content (AvgIpc) is 2.36. The van der Waals surface area contributed by atoms with Crippen LogP contribution >= 0.6 is 15.9 Å². The molecule has 0 radical (unpaired) electrons. The molecule has 1 aliphatic heterocycles. The lowest BCUT2D eigenvalue weighted by Crippen LogP contribution is -2.53. The van der Waals surface area contributed by atoms with E-state index in [4.69, 9.17) is 4.74 Å². The van der Waals surface area contributed by atoms with Gasteiger partial charge in [0.15, 0.2) is 0 Å². The average molecular weight is 353 g/mol. The number of hydrogen-bond acceptors (Lipinski definition) is 3. The first-order valence-electron chi connectivity index (χ1n) is 6.23. The van der Waals surface area contributed by atoms with Crippen LogP contribution in [0.1, 0.15) is 19.4 Å². The standard InChI is InChI=1S/C13H16BrF3N2O/c1-12(2)8-19(7-10(5-14)20-12)11-4-3-9(6-18-11)13(15,16)17/h3-4,6,10H,5,7-8H2,1-2H3. The third-order valence-electron chi connectivity index (χ3n) is 3.05. The summed E-state index contributed by atoms with van der Waals surface area (Å²) in [5.74, 6) is 0.542. The molecule has 1 aromatic heterocycles. The van der Waals surface area contributed by atoms with E-state index in [1.54, 1.807) is 0 Å². The number of ether oxygens (including phenoxy) is 1. The van der Waals surface area contributed by atoms with Gasteiger partial charge in [-0.3, -0.25) is 0 Å². The van der Waals surface area contributed by atoms with Crippen molar-refractivity contribution in [3.8, 4) is 0 Å². The lowest BCUT2D eigenvalue weighted by atomic mass is 10.1. The normalized spacial score (nSPS) is 22.9. The molecular weight excluding hydrogens is 337 g/mol. The third-order valence-corrected chi connectivity index (χ3v) is 3.77. The van der Waals surface area contributed by atoms with Crippen LogP contribution in [0.25, 0.3) is 0 Å². The summed E-state index contributed by atoms with van der Waals surface area (Å²) in [6, 6.07) is 2.48. The molecule has 0 amide bonds. The van der Waals surface area contributed by atoms with Gasteiger partial charge in [-0.05, 0) is 26.0 Å². The van der Waals surface area contributed by atoms with E-state index in [0.717, 1.165) is 12.3 Å². The van der Waals surface area contributed by atoms with Crippen molar-refractivity contribution >= 4 is 21.7 Å². The van der Waals surface area contributed by atoms with Crippen molar-refractivity contribution < 1.29 is 17.9 Å². The number of aromatic nitrogens is 1. The molecule has 0 aliphatic carbocycles. The first-order chi connectivity index (χ1) is 9.21. The van der Waals surface area contributed by atoms with Gasteiger partial charge in [0.1, 0.15) is 5.82 Å². The van der Waals surface area contributed by atoms with Crippen molar-refractivity contribution in [2.24, 2.45) is 0 Å². The highest BCUT2D eigenvalue weighted by Crippen LogP contribution is 2.30. The number of anilines is 1. The largest absolute Gasteiger partial charge is 0.417 e. The molecule has 1 atom stereocenters. The first-order valence-corrected chi connectivity index (χ1v) is 7.35. The Bertz CT molecular complexity index is 462. The quantitative estimate of drug-likeness (QED) is 0.762. The second kappa shape index (κ2) is 5.52. The second-order valence-electron chi connectivity index (χ2n) is 5.44. The highest BCUT2D eigenvalue weighted by molar-refractivity contribution is 9.09. The van der Waals surface area contributed by atoms with E-state index < -0.39 is 11.7 Å². The zero-order valence-corrected chi connectivity index (χ0v) is 12.8. The Kier molecular flexibility index (Phi) is 4.30. The summed E-state index contributed by atoms with van der Waals surface area (Å²) >= 11 is 3.38. The van der Waals surface area contributed by atoms with E-state index in [-0.39, 0.29) is 11.7 Å². The van der Waals surface area contributed by atoms with Gasteiger partial charge in [0, 0.05) is 24.6 Å².